The lowest BCUT2D eigenvalue weighted by Gasteiger charge is -2.01. The van der Waals surface area contributed by atoms with E-state index < -0.39 is 0 Å². The molecule has 0 bridgehead atoms. The van der Waals surface area contributed by atoms with Crippen LogP contribution in [0.2, 0.25) is 0 Å². The van der Waals surface area contributed by atoms with Crippen LogP contribution in [0.25, 0.3) is 27.8 Å². The summed E-state index contributed by atoms with van der Waals surface area (Å²) in [5, 5.41) is 11.0. The minimum Gasteiger partial charge on any atom is -0.479 e. The van der Waals surface area contributed by atoms with Gasteiger partial charge in [0, 0.05) is 29.5 Å². The molecule has 0 amide bonds. The Hall–Kier alpha value is -2.67. The molecule has 0 aliphatic heterocycles. The summed E-state index contributed by atoms with van der Waals surface area (Å²) in [7, 11) is 0. The molecule has 0 radical (unpaired) electrons. The van der Waals surface area contributed by atoms with Crippen molar-refractivity contribution in [2.75, 3.05) is 0 Å². The topological polar surface area (TPSA) is 76.2 Å². The van der Waals surface area contributed by atoms with E-state index in [1.54, 1.807) is 18.5 Å². The lowest BCUT2D eigenvalue weighted by Crippen LogP contribution is -1.92. The van der Waals surface area contributed by atoms with Crippen molar-refractivity contribution in [3.63, 3.8) is 0 Å². The highest BCUT2D eigenvalue weighted by Crippen LogP contribution is 2.34. The fourth-order valence-corrected chi connectivity index (χ4v) is 2.75. The van der Waals surface area contributed by atoms with Gasteiger partial charge >= 0.3 is 6.01 Å². The molecule has 4 aromatic rings. The molecule has 0 spiro atoms. The van der Waals surface area contributed by atoms with Gasteiger partial charge < -0.3 is 5.11 Å². The van der Waals surface area contributed by atoms with Crippen LogP contribution in [0.3, 0.4) is 0 Å². The third-order valence-electron chi connectivity index (χ3n) is 3.29. The van der Waals surface area contributed by atoms with E-state index in [0.29, 0.717) is 10.9 Å². The first-order valence-corrected chi connectivity index (χ1v) is 6.66. The summed E-state index contributed by atoms with van der Waals surface area (Å²) in [6, 6.07) is 7.18. The number of aromatic nitrogens is 5. The van der Waals surface area contributed by atoms with Gasteiger partial charge in [0.1, 0.15) is 5.65 Å². The van der Waals surface area contributed by atoms with Gasteiger partial charge in [-0.1, -0.05) is 0 Å². The maximum Gasteiger partial charge on any atom is 0.314 e. The van der Waals surface area contributed by atoms with Crippen molar-refractivity contribution in [3.05, 3.63) is 42.9 Å². The summed E-state index contributed by atoms with van der Waals surface area (Å²) < 4.78 is 1.85. The van der Waals surface area contributed by atoms with Gasteiger partial charge in [0.25, 0.3) is 0 Å². The zero-order valence-corrected chi connectivity index (χ0v) is 11.6. The molecule has 4 heterocycles. The van der Waals surface area contributed by atoms with Gasteiger partial charge in [-0.25, -0.2) is 15.0 Å². The molecule has 4 rings (SSSR count). The van der Waals surface area contributed by atoms with Crippen LogP contribution in [-0.2, 0) is 0 Å². The Labute approximate surface area is 124 Å². The standard InChI is InChI=1S/C14H9N5OS/c20-13-16-6-3-9(18-13)11-8-2-1-5-15-12(8)19-10(11)4-7-17-14(19)21/h1-7H,(H,17,21)(H,16,18,20). The molecule has 0 aliphatic carbocycles. The van der Waals surface area contributed by atoms with Gasteiger partial charge in [-0.3, -0.25) is 4.40 Å². The van der Waals surface area contributed by atoms with Crippen molar-refractivity contribution in [1.29, 1.82) is 0 Å². The van der Waals surface area contributed by atoms with Crippen molar-refractivity contribution in [2.45, 2.75) is 5.16 Å². The van der Waals surface area contributed by atoms with Crippen LogP contribution in [0.4, 0.5) is 0 Å². The van der Waals surface area contributed by atoms with E-state index in [0.717, 1.165) is 22.1 Å². The first-order chi connectivity index (χ1) is 10.3. The summed E-state index contributed by atoms with van der Waals surface area (Å²) >= 11 is 4.40. The second-order valence-corrected chi connectivity index (χ2v) is 4.86. The fraction of sp³-hybridized carbons (Fsp3) is 0. The quantitative estimate of drug-likeness (QED) is 0.416. The fourth-order valence-electron chi connectivity index (χ4n) is 2.48. The van der Waals surface area contributed by atoms with Crippen LogP contribution >= 0.6 is 12.6 Å². The molecule has 0 aromatic carbocycles. The van der Waals surface area contributed by atoms with E-state index >= 15 is 0 Å². The Morgan fingerprint density at radius 3 is 2.71 bits per heavy atom. The second kappa shape index (κ2) is 4.42. The molecule has 4 aromatic heterocycles. The molecule has 0 saturated heterocycles. The third kappa shape index (κ3) is 1.74. The first-order valence-electron chi connectivity index (χ1n) is 6.21. The van der Waals surface area contributed by atoms with Crippen molar-refractivity contribution in [1.82, 2.24) is 24.3 Å². The SMILES string of the molecule is Oc1nccc(-c2c3cccnc3n3c(S)nccc23)n1. The average Bonchev–Trinajstić information content (AvgIpc) is 2.83. The highest BCUT2D eigenvalue weighted by molar-refractivity contribution is 7.80. The second-order valence-electron chi connectivity index (χ2n) is 4.46. The van der Waals surface area contributed by atoms with Gasteiger partial charge in [0.15, 0.2) is 5.16 Å². The highest BCUT2D eigenvalue weighted by Gasteiger charge is 2.17. The van der Waals surface area contributed by atoms with E-state index in [1.807, 2.05) is 22.6 Å². The smallest absolute Gasteiger partial charge is 0.314 e. The number of rotatable bonds is 1. The Morgan fingerprint density at radius 2 is 1.86 bits per heavy atom. The minimum absolute atomic E-state index is 0.260. The van der Waals surface area contributed by atoms with E-state index in [-0.39, 0.29) is 6.01 Å². The molecular weight excluding hydrogens is 286 g/mol. The Morgan fingerprint density at radius 1 is 1.00 bits per heavy atom. The maximum absolute atomic E-state index is 9.54. The van der Waals surface area contributed by atoms with Gasteiger partial charge in [-0.2, -0.15) is 4.98 Å². The van der Waals surface area contributed by atoms with E-state index in [9.17, 15) is 5.11 Å². The molecule has 0 saturated carbocycles. The highest BCUT2D eigenvalue weighted by atomic mass is 32.1. The number of hydrogen-bond donors (Lipinski definition) is 2. The molecule has 0 unspecified atom stereocenters. The molecule has 6 nitrogen and oxygen atoms in total. The van der Waals surface area contributed by atoms with Crippen LogP contribution in [0, 0.1) is 0 Å². The molecule has 7 heteroatoms. The van der Waals surface area contributed by atoms with Gasteiger partial charge in [0.2, 0.25) is 0 Å². The van der Waals surface area contributed by atoms with Crippen LogP contribution < -0.4 is 0 Å². The van der Waals surface area contributed by atoms with Crippen LogP contribution in [0.1, 0.15) is 0 Å². The predicted octanol–water partition coefficient (Wildman–Crippen LogP) is 2.33. The lowest BCUT2D eigenvalue weighted by molar-refractivity contribution is 0.431. The minimum atomic E-state index is -0.260. The lowest BCUT2D eigenvalue weighted by atomic mass is 10.1. The molecule has 1 N–H and O–H groups in total. The van der Waals surface area contributed by atoms with Crippen molar-refractivity contribution >= 4 is 29.2 Å². The number of nitrogens with zero attached hydrogens (tertiary/aromatic N) is 5. The molecule has 102 valence electrons. The Kier molecular flexibility index (Phi) is 2.55. The molecule has 0 atom stereocenters. The van der Waals surface area contributed by atoms with Crippen molar-refractivity contribution in [3.8, 4) is 17.3 Å². The Balaban J connectivity index is 2.23. The first kappa shape index (κ1) is 12.1. The van der Waals surface area contributed by atoms with Crippen LogP contribution in [0.15, 0.2) is 48.0 Å². The van der Waals surface area contributed by atoms with E-state index in [1.165, 1.54) is 6.20 Å². The van der Waals surface area contributed by atoms with Crippen LogP contribution in [0.5, 0.6) is 6.01 Å². The number of pyridine rings is 1. The summed E-state index contributed by atoms with van der Waals surface area (Å²) in [6.45, 7) is 0. The molecular formula is C14H9N5OS. The molecule has 21 heavy (non-hydrogen) atoms. The third-order valence-corrected chi connectivity index (χ3v) is 3.60. The van der Waals surface area contributed by atoms with E-state index in [2.05, 4.69) is 32.6 Å². The zero-order chi connectivity index (χ0) is 14.4. The summed E-state index contributed by atoms with van der Waals surface area (Å²) in [5.74, 6) is 0. The summed E-state index contributed by atoms with van der Waals surface area (Å²) in [4.78, 5) is 16.4. The zero-order valence-electron chi connectivity index (χ0n) is 10.7. The van der Waals surface area contributed by atoms with Crippen molar-refractivity contribution < 1.29 is 5.11 Å². The monoisotopic (exact) mass is 295 g/mol. The number of thiol groups is 1. The Bertz CT molecular complexity index is 982. The number of fused-ring (bicyclic) bond motifs is 3. The number of aromatic hydroxyl groups is 1. The summed E-state index contributed by atoms with van der Waals surface area (Å²) in [6.07, 6.45) is 4.92. The van der Waals surface area contributed by atoms with Crippen molar-refractivity contribution in [2.24, 2.45) is 0 Å². The average molecular weight is 295 g/mol. The normalized spacial score (nSPS) is 11.3. The van der Waals surface area contributed by atoms with Gasteiger partial charge in [-0.15, -0.1) is 12.6 Å². The van der Waals surface area contributed by atoms with Gasteiger partial charge in [-0.05, 0) is 24.3 Å². The van der Waals surface area contributed by atoms with Crippen LogP contribution in [-0.4, -0.2) is 29.4 Å². The molecule has 0 fully saturated rings. The summed E-state index contributed by atoms with van der Waals surface area (Å²) in [5.41, 5.74) is 3.12. The van der Waals surface area contributed by atoms with E-state index in [4.69, 9.17) is 0 Å². The molecule has 0 aliphatic rings. The number of hydrogen-bond acceptors (Lipinski definition) is 6. The largest absolute Gasteiger partial charge is 0.479 e. The maximum atomic E-state index is 9.54. The predicted molar refractivity (Wildman–Crippen MR) is 80.4 cm³/mol. The van der Waals surface area contributed by atoms with Gasteiger partial charge in [0.05, 0.1) is 11.2 Å².